The molecule has 0 N–H and O–H groups in total. The molecule has 0 aromatic heterocycles. The van der Waals surface area contributed by atoms with Crippen LogP contribution in [0, 0.1) is 5.92 Å². The smallest absolute Gasteiger partial charge is 0.417 e. The summed E-state index contributed by atoms with van der Waals surface area (Å²) in [6.45, 7) is 1.13. The summed E-state index contributed by atoms with van der Waals surface area (Å²) in [5.74, 6) is 0.200. The van der Waals surface area contributed by atoms with Gasteiger partial charge in [0.2, 0.25) is 0 Å². The summed E-state index contributed by atoms with van der Waals surface area (Å²) in [4.78, 5) is 38.0. The molecular weight excluding hydrogens is 288 g/mol. The third kappa shape index (κ3) is 2.49. The summed E-state index contributed by atoms with van der Waals surface area (Å²) in [6, 6.07) is 7.05. The molecular formula is C15H16N2O5. The fraction of sp³-hybridized carbons (Fsp3) is 0.400. The lowest BCUT2D eigenvalue weighted by Gasteiger charge is -2.40. The molecule has 7 heteroatoms. The largest absolute Gasteiger partial charge is 0.496 e. The number of ether oxygens (including phenoxy) is 2. The molecule has 2 heterocycles. The minimum absolute atomic E-state index is 0.0910. The second-order valence-electron chi connectivity index (χ2n) is 5.34. The Morgan fingerprint density at radius 1 is 1.32 bits per heavy atom. The highest BCUT2D eigenvalue weighted by Gasteiger charge is 2.38. The number of rotatable bonds is 4. The van der Waals surface area contributed by atoms with Gasteiger partial charge in [-0.25, -0.2) is 9.69 Å². The molecule has 0 bridgehead atoms. The van der Waals surface area contributed by atoms with Crippen LogP contribution >= 0.6 is 0 Å². The van der Waals surface area contributed by atoms with Gasteiger partial charge >= 0.3 is 6.09 Å². The summed E-state index contributed by atoms with van der Waals surface area (Å²) in [6.07, 6.45) is -0.598. The van der Waals surface area contributed by atoms with E-state index in [4.69, 9.17) is 4.74 Å². The van der Waals surface area contributed by atoms with Gasteiger partial charge in [-0.3, -0.25) is 9.59 Å². The van der Waals surface area contributed by atoms with Crippen molar-refractivity contribution in [3.05, 3.63) is 29.8 Å². The summed E-state index contributed by atoms with van der Waals surface area (Å²) >= 11 is 0. The number of likely N-dealkylation sites (tertiary alicyclic amines) is 1. The van der Waals surface area contributed by atoms with Gasteiger partial charge < -0.3 is 14.4 Å². The number of hydrogen-bond acceptors (Lipinski definition) is 5. The molecule has 116 valence electrons. The molecule has 0 spiro atoms. The second-order valence-corrected chi connectivity index (χ2v) is 5.34. The molecule has 0 saturated carbocycles. The van der Waals surface area contributed by atoms with Crippen LogP contribution in [0.4, 0.5) is 4.79 Å². The predicted molar refractivity (Wildman–Crippen MR) is 75.4 cm³/mol. The summed E-state index contributed by atoms with van der Waals surface area (Å²) in [7, 11) is 1.52. The number of carbonyl (C=O) groups is 3. The number of benzene rings is 1. The average Bonchev–Trinajstić information content (AvgIpc) is 2.81. The number of amides is 3. The highest BCUT2D eigenvalue weighted by molar-refractivity contribution is 5.98. The van der Waals surface area contributed by atoms with E-state index in [0.717, 1.165) is 4.90 Å². The summed E-state index contributed by atoms with van der Waals surface area (Å²) < 4.78 is 9.85. The van der Waals surface area contributed by atoms with Gasteiger partial charge in [0, 0.05) is 25.6 Å². The fourth-order valence-corrected chi connectivity index (χ4v) is 2.66. The van der Waals surface area contributed by atoms with Crippen molar-refractivity contribution in [2.24, 2.45) is 5.92 Å². The molecule has 3 rings (SSSR count). The quantitative estimate of drug-likeness (QED) is 0.820. The third-order valence-electron chi connectivity index (χ3n) is 3.86. The molecule has 3 amide bonds. The van der Waals surface area contributed by atoms with Crippen LogP contribution in [0.2, 0.25) is 0 Å². The van der Waals surface area contributed by atoms with Crippen molar-refractivity contribution in [2.45, 2.75) is 0 Å². The Morgan fingerprint density at radius 2 is 2.05 bits per heavy atom. The van der Waals surface area contributed by atoms with Crippen LogP contribution < -0.4 is 4.74 Å². The first-order valence-corrected chi connectivity index (χ1v) is 6.99. The summed E-state index contributed by atoms with van der Waals surface area (Å²) in [5, 5.41) is 0. The molecule has 0 atom stereocenters. The van der Waals surface area contributed by atoms with Gasteiger partial charge in [0.1, 0.15) is 5.75 Å². The molecule has 22 heavy (non-hydrogen) atoms. The molecule has 2 saturated heterocycles. The maximum absolute atomic E-state index is 12.4. The van der Waals surface area contributed by atoms with Crippen LogP contribution in [0.25, 0.3) is 0 Å². The summed E-state index contributed by atoms with van der Waals surface area (Å²) in [5.41, 5.74) is 0.514. The number of carbonyl (C=O) groups excluding carboxylic acids is 3. The molecule has 0 unspecified atom stereocenters. The van der Waals surface area contributed by atoms with Gasteiger partial charge in [-0.1, -0.05) is 12.1 Å². The van der Waals surface area contributed by atoms with Crippen molar-refractivity contribution in [2.75, 3.05) is 33.4 Å². The monoisotopic (exact) mass is 304 g/mol. The second kappa shape index (κ2) is 5.67. The number of methoxy groups -OCH3 is 1. The minimum atomic E-state index is -0.598. The van der Waals surface area contributed by atoms with Crippen molar-refractivity contribution in [1.29, 1.82) is 0 Å². The van der Waals surface area contributed by atoms with Crippen LogP contribution in [-0.4, -0.2) is 61.1 Å². The molecule has 1 aromatic carbocycles. The van der Waals surface area contributed by atoms with E-state index in [1.807, 2.05) is 0 Å². The van der Waals surface area contributed by atoms with Crippen LogP contribution in [0.5, 0.6) is 5.75 Å². The number of nitrogens with zero attached hydrogens (tertiary/aromatic N) is 2. The number of hydrogen-bond donors (Lipinski definition) is 0. The predicted octanol–water partition coefficient (Wildman–Crippen LogP) is 0.746. The third-order valence-corrected chi connectivity index (χ3v) is 3.86. The van der Waals surface area contributed by atoms with Crippen molar-refractivity contribution in [3.8, 4) is 5.75 Å². The Labute approximate surface area is 127 Å². The van der Waals surface area contributed by atoms with E-state index in [0.29, 0.717) is 30.9 Å². The zero-order valence-corrected chi connectivity index (χ0v) is 12.2. The van der Waals surface area contributed by atoms with Gasteiger partial charge in [-0.15, -0.1) is 0 Å². The van der Waals surface area contributed by atoms with E-state index < -0.39 is 6.09 Å². The highest BCUT2D eigenvalue weighted by Crippen LogP contribution is 2.25. The molecule has 7 nitrogen and oxygen atoms in total. The van der Waals surface area contributed by atoms with Gasteiger partial charge in [-0.2, -0.15) is 0 Å². The minimum Gasteiger partial charge on any atom is -0.496 e. The lowest BCUT2D eigenvalue weighted by atomic mass is 9.98. The Hall–Kier alpha value is -2.57. The molecule has 2 aliphatic rings. The molecule has 0 radical (unpaired) electrons. The van der Waals surface area contributed by atoms with Crippen molar-refractivity contribution in [3.63, 3.8) is 0 Å². The van der Waals surface area contributed by atoms with E-state index in [1.165, 1.54) is 7.11 Å². The Morgan fingerprint density at radius 3 is 2.68 bits per heavy atom. The van der Waals surface area contributed by atoms with Crippen LogP contribution in [0.3, 0.4) is 0 Å². The van der Waals surface area contributed by atoms with Crippen molar-refractivity contribution < 1.29 is 23.9 Å². The van der Waals surface area contributed by atoms with E-state index in [2.05, 4.69) is 4.74 Å². The van der Waals surface area contributed by atoms with E-state index in [1.54, 1.807) is 29.2 Å². The van der Waals surface area contributed by atoms with E-state index in [-0.39, 0.29) is 24.3 Å². The van der Waals surface area contributed by atoms with Crippen LogP contribution in [0.1, 0.15) is 10.4 Å². The van der Waals surface area contributed by atoms with Crippen LogP contribution in [0.15, 0.2) is 24.3 Å². The lowest BCUT2D eigenvalue weighted by Crippen LogP contribution is -2.54. The average molecular weight is 304 g/mol. The normalized spacial score (nSPS) is 18.2. The first-order chi connectivity index (χ1) is 10.6. The van der Waals surface area contributed by atoms with E-state index >= 15 is 0 Å². The van der Waals surface area contributed by atoms with Crippen LogP contribution in [-0.2, 0) is 9.53 Å². The highest BCUT2D eigenvalue weighted by atomic mass is 16.6. The zero-order chi connectivity index (χ0) is 15.7. The van der Waals surface area contributed by atoms with Gasteiger partial charge in [0.05, 0.1) is 12.7 Å². The number of imide groups is 1. The first-order valence-electron chi connectivity index (χ1n) is 6.99. The van der Waals surface area contributed by atoms with Gasteiger partial charge in [0.15, 0.2) is 6.61 Å². The standard InChI is InChI=1S/C15H16N2O5/c1-21-12-5-3-2-4-11(12)14(19)16-6-10(7-16)8-17-13(18)9-22-15(17)20/h2-5,10H,6-9H2,1H3. The zero-order valence-electron chi connectivity index (χ0n) is 12.2. The molecule has 2 aliphatic heterocycles. The molecule has 1 aromatic rings. The Balaban J connectivity index is 1.58. The van der Waals surface area contributed by atoms with Gasteiger partial charge in [-0.05, 0) is 12.1 Å². The van der Waals surface area contributed by atoms with Crippen molar-refractivity contribution in [1.82, 2.24) is 9.80 Å². The molecule has 0 aliphatic carbocycles. The van der Waals surface area contributed by atoms with Gasteiger partial charge in [0.25, 0.3) is 11.8 Å². The number of para-hydroxylation sites is 1. The first kappa shape index (κ1) is 14.4. The lowest BCUT2D eigenvalue weighted by molar-refractivity contribution is -0.126. The van der Waals surface area contributed by atoms with Crippen molar-refractivity contribution >= 4 is 17.9 Å². The number of cyclic esters (lactones) is 1. The topological polar surface area (TPSA) is 76.2 Å². The molecule has 2 fully saturated rings. The fourth-order valence-electron chi connectivity index (χ4n) is 2.66. The Bertz CT molecular complexity index is 608. The Kier molecular flexibility index (Phi) is 3.70. The SMILES string of the molecule is COc1ccccc1C(=O)N1CC(CN2C(=O)COC2=O)C1. The maximum atomic E-state index is 12.4. The maximum Gasteiger partial charge on any atom is 0.417 e. The van der Waals surface area contributed by atoms with E-state index in [9.17, 15) is 14.4 Å².